The van der Waals surface area contributed by atoms with Gasteiger partial charge in [-0.05, 0) is 18.6 Å². The molecule has 0 fully saturated rings. The molecule has 7 heteroatoms. The van der Waals surface area contributed by atoms with E-state index in [0.29, 0.717) is 18.8 Å². The first-order valence-corrected chi connectivity index (χ1v) is 5.75. The Morgan fingerprint density at radius 3 is 3.05 bits per heavy atom. The summed E-state index contributed by atoms with van der Waals surface area (Å²) >= 11 is 0. The molecule has 2 aromatic heterocycles. The summed E-state index contributed by atoms with van der Waals surface area (Å²) in [5.41, 5.74) is 7.71. The predicted molar refractivity (Wildman–Crippen MR) is 68.5 cm³/mol. The third-order valence-electron chi connectivity index (χ3n) is 2.53. The van der Waals surface area contributed by atoms with Crippen LogP contribution in [0.1, 0.15) is 22.7 Å². The molecule has 4 N–H and O–H groups in total. The molecule has 0 aliphatic rings. The van der Waals surface area contributed by atoms with Gasteiger partial charge in [0.1, 0.15) is 5.69 Å². The van der Waals surface area contributed by atoms with Crippen molar-refractivity contribution in [3.8, 4) is 0 Å². The summed E-state index contributed by atoms with van der Waals surface area (Å²) in [6, 6.07) is 5.52. The van der Waals surface area contributed by atoms with E-state index in [1.807, 2.05) is 19.1 Å². The average Bonchev–Trinajstić information content (AvgIpc) is 2.84. The lowest BCUT2D eigenvalue weighted by molar-refractivity contribution is 0.318. The third-order valence-corrected chi connectivity index (χ3v) is 2.53. The maximum atomic E-state index is 8.70. The maximum absolute atomic E-state index is 8.70. The van der Waals surface area contributed by atoms with E-state index in [0.717, 1.165) is 17.0 Å². The maximum Gasteiger partial charge on any atom is 0.189 e. The van der Waals surface area contributed by atoms with E-state index in [-0.39, 0.29) is 5.84 Å². The second-order valence-electron chi connectivity index (χ2n) is 4.03. The highest BCUT2D eigenvalue weighted by molar-refractivity contribution is 5.96. The van der Waals surface area contributed by atoms with E-state index >= 15 is 0 Å². The van der Waals surface area contributed by atoms with Crippen LogP contribution in [-0.2, 0) is 13.1 Å². The minimum atomic E-state index is -0.00657. The minimum absolute atomic E-state index is 0.00657. The molecule has 0 amide bonds. The number of oxime groups is 1. The highest BCUT2D eigenvalue weighted by Crippen LogP contribution is 2.06. The molecule has 0 aliphatic carbocycles. The molecule has 2 aromatic rings. The normalized spacial score (nSPS) is 11.7. The van der Waals surface area contributed by atoms with Gasteiger partial charge in [-0.1, -0.05) is 16.4 Å². The molecule has 2 rings (SSSR count). The highest BCUT2D eigenvalue weighted by atomic mass is 16.5. The van der Waals surface area contributed by atoms with Gasteiger partial charge >= 0.3 is 0 Å². The van der Waals surface area contributed by atoms with E-state index in [9.17, 15) is 0 Å². The van der Waals surface area contributed by atoms with Crippen LogP contribution in [0.25, 0.3) is 0 Å². The minimum Gasteiger partial charge on any atom is -0.409 e. The van der Waals surface area contributed by atoms with Gasteiger partial charge in [-0.25, -0.2) is 0 Å². The molecule has 0 bridgehead atoms. The number of nitrogens with zero attached hydrogens (tertiary/aromatic N) is 3. The number of aryl methyl sites for hydroxylation is 1. The van der Waals surface area contributed by atoms with Gasteiger partial charge in [0.15, 0.2) is 11.6 Å². The molecule has 0 aromatic carbocycles. The van der Waals surface area contributed by atoms with Crippen molar-refractivity contribution in [2.24, 2.45) is 10.9 Å². The van der Waals surface area contributed by atoms with Gasteiger partial charge in [-0.2, -0.15) is 0 Å². The summed E-state index contributed by atoms with van der Waals surface area (Å²) < 4.78 is 5.08. The molecule has 0 saturated heterocycles. The van der Waals surface area contributed by atoms with Crippen molar-refractivity contribution in [3.63, 3.8) is 0 Å². The number of aromatic nitrogens is 2. The Balaban J connectivity index is 2.00. The van der Waals surface area contributed by atoms with E-state index in [2.05, 4.69) is 20.6 Å². The summed E-state index contributed by atoms with van der Waals surface area (Å²) in [6.07, 6.45) is 1.59. The van der Waals surface area contributed by atoms with Crippen LogP contribution in [-0.4, -0.2) is 21.2 Å². The van der Waals surface area contributed by atoms with Crippen LogP contribution >= 0.6 is 0 Å². The predicted octanol–water partition coefficient (Wildman–Crippen LogP) is 0.762. The van der Waals surface area contributed by atoms with Crippen LogP contribution in [0, 0.1) is 6.92 Å². The van der Waals surface area contributed by atoms with Gasteiger partial charge in [0.2, 0.25) is 0 Å². The third kappa shape index (κ3) is 3.29. The molecule has 0 aliphatic heterocycles. The Labute approximate surface area is 110 Å². The lowest BCUT2D eigenvalue weighted by atomic mass is 10.2. The molecule has 0 saturated carbocycles. The molecule has 19 heavy (non-hydrogen) atoms. The molecule has 0 spiro atoms. The van der Waals surface area contributed by atoms with Crippen LogP contribution in [0.3, 0.4) is 0 Å². The van der Waals surface area contributed by atoms with E-state index in [4.69, 9.17) is 15.5 Å². The zero-order valence-electron chi connectivity index (χ0n) is 10.5. The number of amidine groups is 1. The monoisotopic (exact) mass is 261 g/mol. The summed E-state index contributed by atoms with van der Waals surface area (Å²) in [4.78, 5) is 4.09. The largest absolute Gasteiger partial charge is 0.409 e. The van der Waals surface area contributed by atoms with Gasteiger partial charge in [0.05, 0.1) is 12.2 Å². The van der Waals surface area contributed by atoms with Gasteiger partial charge < -0.3 is 20.8 Å². The molecule has 0 radical (unpaired) electrons. The fourth-order valence-corrected chi connectivity index (χ4v) is 1.68. The fraction of sp³-hybridized carbons (Fsp3) is 0.250. The number of pyridine rings is 1. The number of hydrogen-bond acceptors (Lipinski definition) is 6. The average molecular weight is 261 g/mol. The molecular formula is C12H15N5O2. The van der Waals surface area contributed by atoms with Crippen molar-refractivity contribution >= 4 is 5.84 Å². The van der Waals surface area contributed by atoms with Crippen molar-refractivity contribution in [2.45, 2.75) is 20.0 Å². The van der Waals surface area contributed by atoms with Crippen LogP contribution < -0.4 is 11.1 Å². The zero-order valence-corrected chi connectivity index (χ0v) is 10.5. The summed E-state index contributed by atoms with van der Waals surface area (Å²) in [6.45, 7) is 2.94. The first-order valence-electron chi connectivity index (χ1n) is 5.75. The highest BCUT2D eigenvalue weighted by Gasteiger charge is 2.08. The van der Waals surface area contributed by atoms with Gasteiger partial charge in [-0.15, -0.1) is 0 Å². The number of hydrogen-bond donors (Lipinski definition) is 3. The lowest BCUT2D eigenvalue weighted by Crippen LogP contribution is -2.21. The Morgan fingerprint density at radius 1 is 1.53 bits per heavy atom. The summed E-state index contributed by atoms with van der Waals surface area (Å²) in [7, 11) is 0. The Bertz CT molecular complexity index is 579. The lowest BCUT2D eigenvalue weighted by Gasteiger charge is -2.07. The standard InChI is InChI=1S/C12H15N5O2/c1-8-5-10(19-17-8)7-14-6-9-3-2-4-15-11(9)12(13)16-18/h2-5,14,18H,6-7H2,1H3,(H2,13,16). The van der Waals surface area contributed by atoms with E-state index < -0.39 is 0 Å². The van der Waals surface area contributed by atoms with E-state index in [1.54, 1.807) is 12.3 Å². The van der Waals surface area contributed by atoms with Crippen molar-refractivity contribution in [1.29, 1.82) is 0 Å². The SMILES string of the molecule is Cc1cc(CNCc2cccnc2C(N)=NO)on1. The topological polar surface area (TPSA) is 110 Å². The smallest absolute Gasteiger partial charge is 0.189 e. The Morgan fingerprint density at radius 2 is 2.37 bits per heavy atom. The Hall–Kier alpha value is -2.41. The fourth-order valence-electron chi connectivity index (χ4n) is 1.68. The first kappa shape index (κ1) is 13.0. The molecular weight excluding hydrogens is 246 g/mol. The van der Waals surface area contributed by atoms with Gasteiger partial charge in [0, 0.05) is 18.8 Å². The van der Waals surface area contributed by atoms with Crippen molar-refractivity contribution < 1.29 is 9.73 Å². The molecule has 0 atom stereocenters. The van der Waals surface area contributed by atoms with Crippen LogP contribution in [0.2, 0.25) is 0 Å². The van der Waals surface area contributed by atoms with E-state index in [1.165, 1.54) is 0 Å². The second kappa shape index (κ2) is 5.96. The first-order chi connectivity index (χ1) is 9.20. The van der Waals surface area contributed by atoms with Crippen LogP contribution in [0.5, 0.6) is 0 Å². The number of nitrogens with two attached hydrogens (primary N) is 1. The molecule has 100 valence electrons. The summed E-state index contributed by atoms with van der Waals surface area (Å²) in [5, 5.41) is 18.6. The second-order valence-corrected chi connectivity index (χ2v) is 4.03. The van der Waals surface area contributed by atoms with Crippen LogP contribution in [0.15, 0.2) is 34.1 Å². The summed E-state index contributed by atoms with van der Waals surface area (Å²) in [5.74, 6) is 0.750. The van der Waals surface area contributed by atoms with Crippen LogP contribution in [0.4, 0.5) is 0 Å². The number of rotatable bonds is 5. The zero-order chi connectivity index (χ0) is 13.7. The van der Waals surface area contributed by atoms with Crippen molar-refractivity contribution in [1.82, 2.24) is 15.5 Å². The van der Waals surface area contributed by atoms with Crippen molar-refractivity contribution in [2.75, 3.05) is 0 Å². The molecule has 2 heterocycles. The van der Waals surface area contributed by atoms with Gasteiger partial charge in [0.25, 0.3) is 0 Å². The molecule has 7 nitrogen and oxygen atoms in total. The quantitative estimate of drug-likeness (QED) is 0.317. The Kier molecular flexibility index (Phi) is 4.09. The van der Waals surface area contributed by atoms with Crippen molar-refractivity contribution in [3.05, 3.63) is 47.1 Å². The van der Waals surface area contributed by atoms with Gasteiger partial charge in [-0.3, -0.25) is 4.98 Å². The molecule has 0 unspecified atom stereocenters. The number of nitrogens with one attached hydrogen (secondary N) is 1.